The Morgan fingerprint density at radius 2 is 1.95 bits per heavy atom. The quantitative estimate of drug-likeness (QED) is 0.351. The van der Waals surface area contributed by atoms with Gasteiger partial charge in [-0.25, -0.2) is 4.79 Å². The Balaban J connectivity index is 2.05. The highest BCUT2D eigenvalue weighted by Gasteiger charge is 2.17. The van der Waals surface area contributed by atoms with Crippen LogP contribution in [0.15, 0.2) is 47.4 Å². The van der Waals surface area contributed by atoms with Gasteiger partial charge in [-0.1, -0.05) is 23.7 Å². The molecule has 0 fully saturated rings. The third-order valence-electron chi connectivity index (χ3n) is 2.91. The SMILES string of the molecule is CSc1ccc(COC(=O)c2ccc(Cl)c([N+](=O)[O-])c2)cc1. The smallest absolute Gasteiger partial charge is 0.338 e. The van der Waals surface area contributed by atoms with Crippen molar-refractivity contribution in [2.75, 3.05) is 6.26 Å². The van der Waals surface area contributed by atoms with E-state index in [-0.39, 0.29) is 22.9 Å². The Bertz CT molecular complexity index is 703. The van der Waals surface area contributed by atoms with Crippen molar-refractivity contribution in [1.82, 2.24) is 0 Å². The lowest BCUT2D eigenvalue weighted by Gasteiger charge is -2.06. The van der Waals surface area contributed by atoms with Crippen molar-refractivity contribution in [3.8, 4) is 0 Å². The number of rotatable bonds is 5. The van der Waals surface area contributed by atoms with Crippen LogP contribution >= 0.6 is 23.4 Å². The molecule has 114 valence electrons. The summed E-state index contributed by atoms with van der Waals surface area (Å²) in [6.45, 7) is 0.101. The molecule has 5 nitrogen and oxygen atoms in total. The van der Waals surface area contributed by atoms with Crippen LogP contribution in [0, 0.1) is 10.1 Å². The van der Waals surface area contributed by atoms with Gasteiger partial charge in [-0.3, -0.25) is 10.1 Å². The summed E-state index contributed by atoms with van der Waals surface area (Å²) < 4.78 is 5.15. The first kappa shape index (κ1) is 16.3. The Hall–Kier alpha value is -2.05. The summed E-state index contributed by atoms with van der Waals surface area (Å²) in [7, 11) is 0. The van der Waals surface area contributed by atoms with Crippen LogP contribution in [0.25, 0.3) is 0 Å². The lowest BCUT2D eigenvalue weighted by molar-refractivity contribution is -0.384. The zero-order valence-corrected chi connectivity index (χ0v) is 13.2. The molecule has 7 heteroatoms. The minimum atomic E-state index is -0.639. The Morgan fingerprint density at radius 1 is 1.27 bits per heavy atom. The van der Waals surface area contributed by atoms with Crippen molar-refractivity contribution in [2.45, 2.75) is 11.5 Å². The minimum absolute atomic E-state index is 0.0193. The molecule has 0 saturated carbocycles. The fraction of sp³-hybridized carbons (Fsp3) is 0.133. The standard InChI is InChI=1S/C15H12ClNO4S/c1-22-12-5-2-10(3-6-12)9-21-15(18)11-4-7-13(16)14(8-11)17(19)20/h2-8H,9H2,1H3. The summed E-state index contributed by atoms with van der Waals surface area (Å²) in [6.07, 6.45) is 1.97. The van der Waals surface area contributed by atoms with E-state index in [4.69, 9.17) is 16.3 Å². The van der Waals surface area contributed by atoms with Crippen LogP contribution in [0.2, 0.25) is 5.02 Å². The maximum Gasteiger partial charge on any atom is 0.338 e. The van der Waals surface area contributed by atoms with Crippen LogP contribution in [0.5, 0.6) is 0 Å². The van der Waals surface area contributed by atoms with Crippen molar-refractivity contribution < 1.29 is 14.5 Å². The van der Waals surface area contributed by atoms with Crippen LogP contribution < -0.4 is 0 Å². The Kier molecular flexibility index (Phi) is 5.41. The van der Waals surface area contributed by atoms with E-state index >= 15 is 0 Å². The highest BCUT2D eigenvalue weighted by molar-refractivity contribution is 7.98. The average molecular weight is 338 g/mol. The first-order valence-corrected chi connectivity index (χ1v) is 7.85. The van der Waals surface area contributed by atoms with E-state index in [1.807, 2.05) is 30.5 Å². The van der Waals surface area contributed by atoms with E-state index < -0.39 is 10.9 Å². The van der Waals surface area contributed by atoms with Crippen molar-refractivity contribution in [2.24, 2.45) is 0 Å². The highest BCUT2D eigenvalue weighted by Crippen LogP contribution is 2.25. The number of nitrogens with zero attached hydrogens (tertiary/aromatic N) is 1. The molecule has 0 atom stereocenters. The second-order valence-electron chi connectivity index (χ2n) is 4.35. The largest absolute Gasteiger partial charge is 0.457 e. The molecule has 0 radical (unpaired) electrons. The number of ether oxygens (including phenoxy) is 1. The number of carbonyl (C=O) groups excluding carboxylic acids is 1. The molecule has 0 aliphatic heterocycles. The lowest BCUT2D eigenvalue weighted by atomic mass is 10.2. The predicted molar refractivity (Wildman–Crippen MR) is 85.4 cm³/mol. The number of halogens is 1. The van der Waals surface area contributed by atoms with Gasteiger partial charge in [-0.05, 0) is 36.1 Å². The molecule has 0 aliphatic rings. The number of esters is 1. The number of thioether (sulfide) groups is 1. The number of carbonyl (C=O) groups is 1. The molecule has 2 rings (SSSR count). The normalized spacial score (nSPS) is 10.3. The topological polar surface area (TPSA) is 69.4 Å². The van der Waals surface area contributed by atoms with Crippen LogP contribution in [0.1, 0.15) is 15.9 Å². The molecular weight excluding hydrogens is 326 g/mol. The molecule has 2 aromatic rings. The molecule has 2 aromatic carbocycles. The van der Waals surface area contributed by atoms with E-state index in [1.54, 1.807) is 11.8 Å². The van der Waals surface area contributed by atoms with Gasteiger partial charge in [0.05, 0.1) is 10.5 Å². The molecule has 22 heavy (non-hydrogen) atoms. The molecule has 0 aromatic heterocycles. The maximum absolute atomic E-state index is 11.9. The number of hydrogen-bond donors (Lipinski definition) is 0. The van der Waals surface area contributed by atoms with Crippen molar-refractivity contribution in [1.29, 1.82) is 0 Å². The summed E-state index contributed by atoms with van der Waals surface area (Å²) in [5.41, 5.74) is 0.617. The molecule has 0 heterocycles. The highest BCUT2D eigenvalue weighted by atomic mass is 35.5. The molecule has 0 bridgehead atoms. The van der Waals surface area contributed by atoms with Gasteiger partial charge in [-0.15, -0.1) is 11.8 Å². The van der Waals surface area contributed by atoms with Gasteiger partial charge in [0.2, 0.25) is 0 Å². The van der Waals surface area contributed by atoms with E-state index in [1.165, 1.54) is 12.1 Å². The zero-order chi connectivity index (χ0) is 16.1. The molecule has 0 N–H and O–H groups in total. The van der Waals surface area contributed by atoms with Gasteiger partial charge in [0.1, 0.15) is 11.6 Å². The molecule has 0 spiro atoms. The number of hydrogen-bond acceptors (Lipinski definition) is 5. The third-order valence-corrected chi connectivity index (χ3v) is 3.97. The van der Waals surface area contributed by atoms with Crippen LogP contribution in [-0.2, 0) is 11.3 Å². The van der Waals surface area contributed by atoms with E-state index in [0.29, 0.717) is 0 Å². The van der Waals surface area contributed by atoms with Crippen LogP contribution in [0.3, 0.4) is 0 Å². The summed E-state index contributed by atoms with van der Waals surface area (Å²) in [6, 6.07) is 11.4. The summed E-state index contributed by atoms with van der Waals surface area (Å²) in [5, 5.41) is 10.8. The maximum atomic E-state index is 11.9. The van der Waals surface area contributed by atoms with Crippen molar-refractivity contribution in [3.05, 3.63) is 68.7 Å². The minimum Gasteiger partial charge on any atom is -0.457 e. The van der Waals surface area contributed by atoms with Gasteiger partial charge in [-0.2, -0.15) is 0 Å². The first-order valence-electron chi connectivity index (χ1n) is 6.25. The Labute approximate surface area is 136 Å². The molecule has 0 amide bonds. The van der Waals surface area contributed by atoms with Gasteiger partial charge in [0.15, 0.2) is 0 Å². The summed E-state index contributed by atoms with van der Waals surface area (Å²) >= 11 is 7.32. The number of benzene rings is 2. The summed E-state index contributed by atoms with van der Waals surface area (Å²) in [5.74, 6) is -0.631. The Morgan fingerprint density at radius 3 is 2.55 bits per heavy atom. The van der Waals surface area contributed by atoms with Gasteiger partial charge < -0.3 is 4.74 Å². The van der Waals surface area contributed by atoms with E-state index in [2.05, 4.69) is 0 Å². The third kappa shape index (κ3) is 3.99. The van der Waals surface area contributed by atoms with Gasteiger partial charge in [0.25, 0.3) is 5.69 Å². The second kappa shape index (κ2) is 7.29. The fourth-order valence-corrected chi connectivity index (χ4v) is 2.33. The summed E-state index contributed by atoms with van der Waals surface area (Å²) in [4.78, 5) is 23.2. The van der Waals surface area contributed by atoms with Gasteiger partial charge in [0, 0.05) is 11.0 Å². The first-order chi connectivity index (χ1) is 10.5. The molecule has 0 unspecified atom stereocenters. The van der Waals surface area contributed by atoms with Crippen LogP contribution in [-0.4, -0.2) is 17.1 Å². The number of nitro groups is 1. The number of nitro benzene ring substituents is 1. The monoisotopic (exact) mass is 337 g/mol. The average Bonchev–Trinajstić information content (AvgIpc) is 2.53. The lowest BCUT2D eigenvalue weighted by Crippen LogP contribution is -2.06. The van der Waals surface area contributed by atoms with E-state index in [9.17, 15) is 14.9 Å². The predicted octanol–water partition coefficient (Wildman–Crippen LogP) is 4.33. The van der Waals surface area contributed by atoms with Crippen LogP contribution in [0.4, 0.5) is 5.69 Å². The molecule has 0 saturated heterocycles. The zero-order valence-electron chi connectivity index (χ0n) is 11.6. The molecular formula is C15H12ClNO4S. The second-order valence-corrected chi connectivity index (χ2v) is 5.63. The van der Waals surface area contributed by atoms with Crippen molar-refractivity contribution in [3.63, 3.8) is 0 Å². The molecule has 0 aliphatic carbocycles. The van der Waals surface area contributed by atoms with E-state index in [0.717, 1.165) is 16.5 Å². The van der Waals surface area contributed by atoms with Crippen molar-refractivity contribution >= 4 is 35.0 Å². The van der Waals surface area contributed by atoms with Gasteiger partial charge >= 0.3 is 5.97 Å². The fourth-order valence-electron chi connectivity index (χ4n) is 1.73.